The minimum atomic E-state index is -0.544. The number of aliphatic hydroxyl groups is 1. The van der Waals surface area contributed by atoms with Crippen LogP contribution in [0.2, 0.25) is 0 Å². The normalized spacial score (nSPS) is 27.5. The van der Waals surface area contributed by atoms with Gasteiger partial charge in [-0.3, -0.25) is 4.79 Å². The summed E-state index contributed by atoms with van der Waals surface area (Å²) >= 11 is 0. The highest BCUT2D eigenvalue weighted by molar-refractivity contribution is 5.82. The lowest BCUT2D eigenvalue weighted by atomic mass is 9.89. The van der Waals surface area contributed by atoms with Crippen LogP contribution in [0.3, 0.4) is 0 Å². The summed E-state index contributed by atoms with van der Waals surface area (Å²) in [6.07, 6.45) is 3.39. The molecule has 0 spiro atoms. The number of hydrogen-bond acceptors (Lipinski definition) is 3. The van der Waals surface area contributed by atoms with Gasteiger partial charge >= 0.3 is 0 Å². The number of carbonyl (C=O) groups excluding carboxylic acids is 1. The van der Waals surface area contributed by atoms with Crippen molar-refractivity contribution < 1.29 is 9.90 Å². The van der Waals surface area contributed by atoms with Crippen molar-refractivity contribution in [1.29, 1.82) is 0 Å². The van der Waals surface area contributed by atoms with Gasteiger partial charge < -0.3 is 16.2 Å². The standard InChI is InChI=1S/C11H22N2O2/c1-11(2,7-12)10(15)13-8-5-3-4-6-9(8)14/h8-9,14H,3-7,12H2,1-2H3,(H,13,15)/t8-,9-/m0/s1. The van der Waals surface area contributed by atoms with Gasteiger partial charge in [0, 0.05) is 6.54 Å². The van der Waals surface area contributed by atoms with Crippen LogP contribution < -0.4 is 11.1 Å². The van der Waals surface area contributed by atoms with Crippen LogP contribution in [-0.2, 0) is 4.79 Å². The van der Waals surface area contributed by atoms with Crippen LogP contribution in [0.25, 0.3) is 0 Å². The molecule has 1 aliphatic carbocycles. The van der Waals surface area contributed by atoms with E-state index in [9.17, 15) is 9.90 Å². The fourth-order valence-electron chi connectivity index (χ4n) is 1.74. The maximum Gasteiger partial charge on any atom is 0.227 e. The summed E-state index contributed by atoms with van der Waals surface area (Å²) in [6, 6.07) is -0.0860. The van der Waals surface area contributed by atoms with Crippen molar-refractivity contribution in [3.05, 3.63) is 0 Å². The molecule has 0 aliphatic heterocycles. The molecule has 0 aromatic rings. The van der Waals surface area contributed by atoms with Crippen molar-refractivity contribution in [3.8, 4) is 0 Å². The lowest BCUT2D eigenvalue weighted by Crippen LogP contribution is -2.51. The van der Waals surface area contributed by atoms with E-state index in [4.69, 9.17) is 5.73 Å². The van der Waals surface area contributed by atoms with Gasteiger partial charge in [0.05, 0.1) is 17.6 Å². The van der Waals surface area contributed by atoms with E-state index in [-0.39, 0.29) is 11.9 Å². The Morgan fingerprint density at radius 3 is 2.60 bits per heavy atom. The number of hydrogen-bond donors (Lipinski definition) is 3. The van der Waals surface area contributed by atoms with Crippen LogP contribution in [-0.4, -0.2) is 29.7 Å². The zero-order valence-electron chi connectivity index (χ0n) is 9.62. The van der Waals surface area contributed by atoms with Crippen LogP contribution in [0.4, 0.5) is 0 Å². The van der Waals surface area contributed by atoms with Crippen molar-refractivity contribution in [2.24, 2.45) is 11.1 Å². The summed E-state index contributed by atoms with van der Waals surface area (Å²) in [5.74, 6) is -0.0593. The largest absolute Gasteiger partial charge is 0.391 e. The molecule has 15 heavy (non-hydrogen) atoms. The second-order valence-corrected chi connectivity index (χ2v) is 5.02. The average Bonchev–Trinajstić information content (AvgIpc) is 2.21. The Labute approximate surface area is 91.2 Å². The van der Waals surface area contributed by atoms with Gasteiger partial charge in [-0.2, -0.15) is 0 Å². The highest BCUT2D eigenvalue weighted by atomic mass is 16.3. The van der Waals surface area contributed by atoms with Gasteiger partial charge in [-0.05, 0) is 26.7 Å². The molecule has 1 fully saturated rings. The van der Waals surface area contributed by atoms with E-state index in [0.717, 1.165) is 25.7 Å². The third-order valence-corrected chi connectivity index (χ3v) is 3.17. The highest BCUT2D eigenvalue weighted by Crippen LogP contribution is 2.20. The Hall–Kier alpha value is -0.610. The van der Waals surface area contributed by atoms with Crippen LogP contribution in [0.1, 0.15) is 39.5 Å². The topological polar surface area (TPSA) is 75.4 Å². The Bertz CT molecular complexity index is 229. The number of rotatable bonds is 3. The first kappa shape index (κ1) is 12.5. The van der Waals surface area contributed by atoms with Crippen molar-refractivity contribution in [3.63, 3.8) is 0 Å². The Morgan fingerprint density at radius 1 is 1.47 bits per heavy atom. The second-order valence-electron chi connectivity index (χ2n) is 5.02. The number of aliphatic hydroxyl groups excluding tert-OH is 1. The predicted molar refractivity (Wildman–Crippen MR) is 59.2 cm³/mol. The summed E-state index contributed by atoms with van der Waals surface area (Å²) in [5, 5.41) is 12.6. The van der Waals surface area contributed by atoms with E-state index in [0.29, 0.717) is 6.54 Å². The fraction of sp³-hybridized carbons (Fsp3) is 0.909. The van der Waals surface area contributed by atoms with Crippen LogP contribution in [0.5, 0.6) is 0 Å². The van der Waals surface area contributed by atoms with Crippen LogP contribution >= 0.6 is 0 Å². The molecule has 0 saturated heterocycles. The molecule has 0 aromatic carbocycles. The van der Waals surface area contributed by atoms with Crippen LogP contribution in [0.15, 0.2) is 0 Å². The fourth-order valence-corrected chi connectivity index (χ4v) is 1.74. The molecule has 4 N–H and O–H groups in total. The van der Waals surface area contributed by atoms with Crippen LogP contribution in [0, 0.1) is 5.41 Å². The third kappa shape index (κ3) is 3.18. The highest BCUT2D eigenvalue weighted by Gasteiger charge is 2.31. The van der Waals surface area contributed by atoms with Gasteiger partial charge in [0.1, 0.15) is 0 Å². The molecule has 88 valence electrons. The van der Waals surface area contributed by atoms with E-state index in [1.807, 2.05) is 13.8 Å². The molecule has 0 aromatic heterocycles. The minimum Gasteiger partial charge on any atom is -0.391 e. The zero-order valence-corrected chi connectivity index (χ0v) is 9.62. The summed E-state index contributed by atoms with van der Waals surface area (Å²) in [6.45, 7) is 3.96. The Morgan fingerprint density at radius 2 is 2.07 bits per heavy atom. The maximum atomic E-state index is 11.8. The lowest BCUT2D eigenvalue weighted by molar-refractivity contribution is -0.130. The summed E-state index contributed by atoms with van der Waals surface area (Å²) < 4.78 is 0. The molecule has 0 radical (unpaired) electrons. The summed E-state index contributed by atoms with van der Waals surface area (Å²) in [4.78, 5) is 11.8. The molecule has 4 nitrogen and oxygen atoms in total. The summed E-state index contributed by atoms with van der Waals surface area (Å²) in [5.41, 5.74) is 4.98. The quantitative estimate of drug-likeness (QED) is 0.636. The maximum absolute atomic E-state index is 11.8. The molecule has 1 amide bonds. The van der Waals surface area contributed by atoms with Gasteiger partial charge in [0.25, 0.3) is 0 Å². The van der Waals surface area contributed by atoms with E-state index in [2.05, 4.69) is 5.32 Å². The molecule has 2 atom stereocenters. The Balaban J connectivity index is 2.50. The number of carbonyl (C=O) groups is 1. The van der Waals surface area contributed by atoms with Gasteiger partial charge in [-0.15, -0.1) is 0 Å². The number of amides is 1. The lowest BCUT2D eigenvalue weighted by Gasteiger charge is -2.31. The molecule has 1 rings (SSSR count). The third-order valence-electron chi connectivity index (χ3n) is 3.17. The molecule has 1 aliphatic rings. The summed E-state index contributed by atoms with van der Waals surface area (Å²) in [7, 11) is 0. The van der Waals surface area contributed by atoms with Crippen molar-refractivity contribution in [2.45, 2.75) is 51.7 Å². The first-order valence-electron chi connectivity index (χ1n) is 5.66. The Kier molecular flexibility index (Phi) is 4.11. The second kappa shape index (κ2) is 4.94. The van der Waals surface area contributed by atoms with E-state index < -0.39 is 11.5 Å². The van der Waals surface area contributed by atoms with Gasteiger partial charge in [0.2, 0.25) is 5.91 Å². The molecule has 1 saturated carbocycles. The van der Waals surface area contributed by atoms with Gasteiger partial charge in [-0.25, -0.2) is 0 Å². The first-order valence-corrected chi connectivity index (χ1v) is 5.66. The van der Waals surface area contributed by atoms with Crippen molar-refractivity contribution >= 4 is 5.91 Å². The van der Waals surface area contributed by atoms with Gasteiger partial charge in [-0.1, -0.05) is 12.8 Å². The molecule has 0 heterocycles. The minimum absolute atomic E-state index is 0.0593. The number of nitrogens with one attached hydrogen (secondary N) is 1. The molecule has 0 unspecified atom stereocenters. The SMILES string of the molecule is CC(C)(CN)C(=O)N[C@H]1CCCC[C@@H]1O. The van der Waals surface area contributed by atoms with Crippen molar-refractivity contribution in [2.75, 3.05) is 6.54 Å². The van der Waals surface area contributed by atoms with E-state index in [1.54, 1.807) is 0 Å². The molecule has 4 heteroatoms. The van der Waals surface area contributed by atoms with Gasteiger partial charge in [0.15, 0.2) is 0 Å². The average molecular weight is 214 g/mol. The first-order chi connectivity index (χ1) is 6.97. The van der Waals surface area contributed by atoms with E-state index in [1.165, 1.54) is 0 Å². The monoisotopic (exact) mass is 214 g/mol. The zero-order chi connectivity index (χ0) is 11.5. The molecule has 0 bridgehead atoms. The van der Waals surface area contributed by atoms with E-state index >= 15 is 0 Å². The predicted octanol–water partition coefficient (Wildman–Crippen LogP) is 0.391. The number of nitrogens with two attached hydrogens (primary N) is 1. The molecular formula is C11H22N2O2. The molecular weight excluding hydrogens is 192 g/mol. The smallest absolute Gasteiger partial charge is 0.227 e. The van der Waals surface area contributed by atoms with Crippen molar-refractivity contribution in [1.82, 2.24) is 5.32 Å².